The van der Waals surface area contributed by atoms with Crippen molar-refractivity contribution in [3.63, 3.8) is 0 Å². The van der Waals surface area contributed by atoms with Gasteiger partial charge in [-0.1, -0.05) is 38.1 Å². The maximum Gasteiger partial charge on any atom is 0.244 e. The van der Waals surface area contributed by atoms with Crippen molar-refractivity contribution in [1.82, 2.24) is 9.46 Å². The second kappa shape index (κ2) is 7.97. The third kappa shape index (κ3) is 4.49. The lowest BCUT2D eigenvalue weighted by Gasteiger charge is -2.30. The molecule has 0 bridgehead atoms. The second-order valence-electron chi connectivity index (χ2n) is 8.10. The molecule has 29 heavy (non-hydrogen) atoms. The molecule has 0 saturated carbocycles. The molecule has 1 aliphatic heterocycles. The summed E-state index contributed by atoms with van der Waals surface area (Å²) in [6.45, 7) is 6.39. The number of piperidine rings is 1. The zero-order valence-corrected chi connectivity index (χ0v) is 17.5. The number of sulfonamides is 1. The summed E-state index contributed by atoms with van der Waals surface area (Å²) < 4.78 is 32.4. The van der Waals surface area contributed by atoms with Gasteiger partial charge in [0.05, 0.1) is 10.5 Å². The Morgan fingerprint density at radius 3 is 2.52 bits per heavy atom. The minimum Gasteiger partial charge on any atom is -0.359 e. The summed E-state index contributed by atoms with van der Waals surface area (Å²) >= 11 is 0. The third-order valence-electron chi connectivity index (χ3n) is 4.95. The van der Waals surface area contributed by atoms with E-state index in [-0.39, 0.29) is 40.8 Å². The van der Waals surface area contributed by atoms with E-state index in [4.69, 9.17) is 4.52 Å². The van der Waals surface area contributed by atoms with Crippen molar-refractivity contribution in [2.75, 3.05) is 18.4 Å². The first-order chi connectivity index (χ1) is 13.6. The van der Waals surface area contributed by atoms with Crippen molar-refractivity contribution in [3.8, 4) is 6.07 Å². The number of hydrogen-bond donors (Lipinski definition) is 1. The van der Waals surface area contributed by atoms with Gasteiger partial charge in [0.15, 0.2) is 5.82 Å². The maximum absolute atomic E-state index is 12.9. The first-order valence-electron chi connectivity index (χ1n) is 9.40. The Labute approximate surface area is 170 Å². The zero-order chi connectivity index (χ0) is 21.2. The smallest absolute Gasteiger partial charge is 0.244 e. The SMILES string of the molecule is CC(C)(C)c1cc(NC(=O)C2CCN(S(=O)(=O)c3ccccc3C#N)CC2)no1. The summed E-state index contributed by atoms with van der Waals surface area (Å²) in [6.07, 6.45) is 0.785. The number of aromatic nitrogens is 1. The number of hydrogen-bond acceptors (Lipinski definition) is 6. The number of rotatable bonds is 4. The van der Waals surface area contributed by atoms with Crippen molar-refractivity contribution in [1.29, 1.82) is 5.26 Å². The summed E-state index contributed by atoms with van der Waals surface area (Å²) in [5.74, 6) is 0.512. The molecule has 1 aliphatic rings. The van der Waals surface area contributed by atoms with Crippen molar-refractivity contribution in [3.05, 3.63) is 41.7 Å². The van der Waals surface area contributed by atoms with Crippen LogP contribution in [-0.2, 0) is 20.2 Å². The van der Waals surface area contributed by atoms with Crippen LogP contribution < -0.4 is 5.32 Å². The van der Waals surface area contributed by atoms with E-state index in [1.165, 1.54) is 16.4 Å². The molecular weight excluding hydrogens is 392 g/mol. The van der Waals surface area contributed by atoms with Gasteiger partial charge in [0.25, 0.3) is 0 Å². The molecule has 0 atom stereocenters. The first-order valence-corrected chi connectivity index (χ1v) is 10.8. The standard InChI is InChI=1S/C20H24N4O4S/c1-20(2,3)17-12-18(23-28-17)22-19(25)14-8-10-24(11-9-14)29(26,27)16-7-5-4-6-15(16)13-21/h4-7,12,14H,8-11H2,1-3H3,(H,22,23,25). The van der Waals surface area contributed by atoms with Crippen LogP contribution >= 0.6 is 0 Å². The van der Waals surface area contributed by atoms with E-state index < -0.39 is 10.0 Å². The first kappa shape index (κ1) is 21.0. The molecular formula is C20H24N4O4S. The van der Waals surface area contributed by atoms with E-state index in [9.17, 15) is 18.5 Å². The van der Waals surface area contributed by atoms with E-state index in [0.29, 0.717) is 24.4 Å². The number of nitrogens with zero attached hydrogens (tertiary/aromatic N) is 3. The van der Waals surface area contributed by atoms with Gasteiger partial charge < -0.3 is 9.84 Å². The highest BCUT2D eigenvalue weighted by Crippen LogP contribution is 2.28. The van der Waals surface area contributed by atoms with Crippen molar-refractivity contribution < 1.29 is 17.7 Å². The molecule has 0 unspecified atom stereocenters. The summed E-state index contributed by atoms with van der Waals surface area (Å²) in [5.41, 5.74) is -0.0943. The van der Waals surface area contributed by atoms with Gasteiger partial charge in [0.1, 0.15) is 11.8 Å². The molecule has 2 heterocycles. The topological polar surface area (TPSA) is 116 Å². The van der Waals surface area contributed by atoms with E-state index in [0.717, 1.165) is 0 Å². The Hall–Kier alpha value is -2.70. The van der Waals surface area contributed by atoms with Crippen LogP contribution in [0.25, 0.3) is 0 Å². The zero-order valence-electron chi connectivity index (χ0n) is 16.7. The summed E-state index contributed by atoms with van der Waals surface area (Å²) in [4.78, 5) is 12.6. The quantitative estimate of drug-likeness (QED) is 0.819. The Morgan fingerprint density at radius 2 is 1.93 bits per heavy atom. The molecule has 3 rings (SSSR count). The van der Waals surface area contributed by atoms with E-state index in [2.05, 4.69) is 10.5 Å². The molecule has 1 N–H and O–H groups in total. The van der Waals surface area contributed by atoms with Gasteiger partial charge in [-0.05, 0) is 25.0 Å². The molecule has 1 fully saturated rings. The van der Waals surface area contributed by atoms with Crippen LogP contribution in [0.5, 0.6) is 0 Å². The van der Waals surface area contributed by atoms with Crippen molar-refractivity contribution >= 4 is 21.7 Å². The average molecular weight is 417 g/mol. The number of anilines is 1. The predicted octanol–water partition coefficient (Wildman–Crippen LogP) is 2.88. The number of amides is 1. The molecule has 154 valence electrons. The fraction of sp³-hybridized carbons (Fsp3) is 0.450. The Bertz CT molecular complexity index is 1040. The van der Waals surface area contributed by atoms with Gasteiger partial charge in [-0.2, -0.15) is 9.57 Å². The fourth-order valence-corrected chi connectivity index (χ4v) is 4.81. The van der Waals surface area contributed by atoms with Gasteiger partial charge in [-0.3, -0.25) is 4.79 Å². The van der Waals surface area contributed by atoms with E-state index in [1.807, 2.05) is 26.8 Å². The number of carbonyl (C=O) groups excluding carboxylic acids is 1. The summed E-state index contributed by atoms with van der Waals surface area (Å²) in [5, 5.41) is 15.8. The minimum absolute atomic E-state index is 0.00251. The molecule has 9 heteroatoms. The largest absolute Gasteiger partial charge is 0.359 e. The molecule has 0 radical (unpaired) electrons. The lowest BCUT2D eigenvalue weighted by Crippen LogP contribution is -2.41. The number of benzene rings is 1. The summed E-state index contributed by atoms with van der Waals surface area (Å²) in [6, 6.07) is 9.77. The maximum atomic E-state index is 12.9. The van der Waals surface area contributed by atoms with Crippen LogP contribution in [0, 0.1) is 17.2 Å². The Balaban J connectivity index is 1.63. The Morgan fingerprint density at radius 1 is 1.28 bits per heavy atom. The van der Waals surface area contributed by atoms with Crippen molar-refractivity contribution in [2.45, 2.75) is 43.9 Å². The number of nitrogens with one attached hydrogen (secondary N) is 1. The predicted molar refractivity (Wildman–Crippen MR) is 106 cm³/mol. The molecule has 2 aromatic rings. The van der Waals surface area contributed by atoms with E-state index >= 15 is 0 Å². The molecule has 8 nitrogen and oxygen atoms in total. The third-order valence-corrected chi connectivity index (χ3v) is 6.91. The van der Waals surface area contributed by atoms with Crippen LogP contribution in [0.15, 0.2) is 39.8 Å². The molecule has 0 spiro atoms. The Kier molecular flexibility index (Phi) is 5.78. The highest BCUT2D eigenvalue weighted by atomic mass is 32.2. The summed E-state index contributed by atoms with van der Waals surface area (Å²) in [7, 11) is -3.77. The fourth-order valence-electron chi connectivity index (χ4n) is 3.20. The average Bonchev–Trinajstić information content (AvgIpc) is 3.17. The molecule has 1 aromatic heterocycles. The lowest BCUT2D eigenvalue weighted by atomic mass is 9.93. The van der Waals surface area contributed by atoms with Gasteiger partial charge >= 0.3 is 0 Å². The number of nitriles is 1. The second-order valence-corrected chi connectivity index (χ2v) is 10.0. The lowest BCUT2D eigenvalue weighted by molar-refractivity contribution is -0.120. The van der Waals surface area contributed by atoms with Crippen LogP contribution in [-0.4, -0.2) is 36.9 Å². The molecule has 1 amide bonds. The van der Waals surface area contributed by atoms with Crippen molar-refractivity contribution in [2.24, 2.45) is 5.92 Å². The van der Waals surface area contributed by atoms with Crippen LogP contribution in [0.4, 0.5) is 5.82 Å². The van der Waals surface area contributed by atoms with Crippen LogP contribution in [0.1, 0.15) is 44.9 Å². The minimum atomic E-state index is -3.77. The van der Waals surface area contributed by atoms with Crippen LogP contribution in [0.3, 0.4) is 0 Å². The van der Waals surface area contributed by atoms with Gasteiger partial charge in [0.2, 0.25) is 15.9 Å². The van der Waals surface area contributed by atoms with Crippen LogP contribution in [0.2, 0.25) is 0 Å². The van der Waals surface area contributed by atoms with Gasteiger partial charge in [-0.15, -0.1) is 0 Å². The molecule has 0 aliphatic carbocycles. The highest BCUT2D eigenvalue weighted by molar-refractivity contribution is 7.89. The monoisotopic (exact) mass is 416 g/mol. The van der Waals surface area contributed by atoms with Gasteiger partial charge in [-0.25, -0.2) is 8.42 Å². The number of carbonyl (C=O) groups is 1. The van der Waals surface area contributed by atoms with Gasteiger partial charge in [0, 0.05) is 30.5 Å². The van der Waals surface area contributed by atoms with E-state index in [1.54, 1.807) is 18.2 Å². The molecule has 1 saturated heterocycles. The normalized spacial score (nSPS) is 16.3. The highest BCUT2D eigenvalue weighted by Gasteiger charge is 2.33. The molecule has 1 aromatic carbocycles.